The molecule has 1 amide bonds. The molecule has 0 bridgehead atoms. The van der Waals surface area contributed by atoms with E-state index in [1.165, 1.54) is 4.90 Å². The van der Waals surface area contributed by atoms with Gasteiger partial charge in [0.2, 0.25) is 5.91 Å². The Hall–Kier alpha value is -1.91. The summed E-state index contributed by atoms with van der Waals surface area (Å²) in [5.41, 5.74) is 1.05. The highest BCUT2D eigenvalue weighted by atomic mass is 32.2. The van der Waals surface area contributed by atoms with Gasteiger partial charge >= 0.3 is 0 Å². The van der Waals surface area contributed by atoms with Gasteiger partial charge in [0, 0.05) is 13.1 Å². The van der Waals surface area contributed by atoms with Crippen molar-refractivity contribution in [3.8, 4) is 6.07 Å². The zero-order valence-corrected chi connectivity index (χ0v) is 12.3. The third-order valence-electron chi connectivity index (χ3n) is 3.18. The Bertz CT molecular complexity index is 641. The van der Waals surface area contributed by atoms with Crippen molar-refractivity contribution < 1.29 is 17.9 Å². The molecule has 1 heterocycles. The Morgan fingerprint density at radius 2 is 1.86 bits per heavy atom. The molecule has 0 N–H and O–H groups in total. The molecule has 1 fully saturated rings. The second-order valence-corrected chi connectivity index (χ2v) is 6.90. The lowest BCUT2D eigenvalue weighted by Gasteiger charge is -2.26. The summed E-state index contributed by atoms with van der Waals surface area (Å²) in [4.78, 5) is 13.5. The third-order valence-corrected chi connectivity index (χ3v) is 4.64. The Morgan fingerprint density at radius 3 is 2.43 bits per heavy atom. The number of morpholine rings is 1. The maximum Gasteiger partial charge on any atom is 0.237 e. The smallest absolute Gasteiger partial charge is 0.237 e. The van der Waals surface area contributed by atoms with Crippen molar-refractivity contribution in [3.63, 3.8) is 0 Å². The fraction of sp³-hybridized carbons (Fsp3) is 0.429. The minimum atomic E-state index is -3.52. The normalized spacial score (nSPS) is 15.5. The zero-order valence-electron chi connectivity index (χ0n) is 11.5. The summed E-state index contributed by atoms with van der Waals surface area (Å²) in [7, 11) is -3.52. The number of hydrogen-bond donors (Lipinski definition) is 0. The second kappa shape index (κ2) is 6.70. The van der Waals surface area contributed by atoms with Crippen molar-refractivity contribution in [2.24, 2.45) is 0 Å². The first-order valence-corrected chi connectivity index (χ1v) is 8.37. The molecular weight excluding hydrogens is 292 g/mol. The zero-order chi connectivity index (χ0) is 15.3. The molecule has 0 aromatic heterocycles. The second-order valence-electron chi connectivity index (χ2n) is 4.83. The van der Waals surface area contributed by atoms with E-state index in [-0.39, 0.29) is 11.7 Å². The molecule has 1 aromatic carbocycles. The molecule has 1 aliphatic heterocycles. The molecule has 1 aliphatic rings. The van der Waals surface area contributed by atoms with Gasteiger partial charge in [0.25, 0.3) is 0 Å². The molecule has 1 saturated heterocycles. The van der Waals surface area contributed by atoms with E-state index < -0.39 is 15.6 Å². The molecule has 0 spiro atoms. The first kappa shape index (κ1) is 15.5. The van der Waals surface area contributed by atoms with Gasteiger partial charge in [-0.2, -0.15) is 5.26 Å². The van der Waals surface area contributed by atoms with Crippen molar-refractivity contribution >= 4 is 15.7 Å². The molecule has 1 aromatic rings. The number of sulfone groups is 1. The van der Waals surface area contributed by atoms with Crippen LogP contribution in [-0.4, -0.2) is 51.3 Å². The van der Waals surface area contributed by atoms with Crippen LogP contribution in [0.1, 0.15) is 11.1 Å². The molecular formula is C14H16N2O4S. The van der Waals surface area contributed by atoms with Gasteiger partial charge in [-0.3, -0.25) is 4.79 Å². The quantitative estimate of drug-likeness (QED) is 0.800. The van der Waals surface area contributed by atoms with Crippen LogP contribution >= 0.6 is 0 Å². The minimum absolute atomic E-state index is 0.200. The number of nitriles is 1. The SMILES string of the molecule is N#Cc1ccc(CS(=O)(=O)CC(=O)N2CCOCC2)cc1. The van der Waals surface area contributed by atoms with Crippen LogP contribution in [0.5, 0.6) is 0 Å². The fourth-order valence-electron chi connectivity index (χ4n) is 2.07. The summed E-state index contributed by atoms with van der Waals surface area (Å²) in [5, 5.41) is 8.70. The number of amides is 1. The number of benzene rings is 1. The van der Waals surface area contributed by atoms with E-state index >= 15 is 0 Å². The standard InChI is InChI=1S/C14H16N2O4S/c15-9-12-1-3-13(4-2-12)10-21(18,19)11-14(17)16-5-7-20-8-6-16/h1-4H,5-8,10-11H2. The van der Waals surface area contributed by atoms with Gasteiger partial charge in [-0.25, -0.2) is 8.42 Å². The maximum absolute atomic E-state index is 12.1. The van der Waals surface area contributed by atoms with E-state index in [1.807, 2.05) is 6.07 Å². The summed E-state index contributed by atoms with van der Waals surface area (Å²) in [5.74, 6) is -1.08. The number of ether oxygens (including phenoxy) is 1. The highest BCUT2D eigenvalue weighted by Gasteiger charge is 2.23. The molecule has 0 atom stereocenters. The summed E-state index contributed by atoms with van der Waals surface area (Å²) >= 11 is 0. The van der Waals surface area contributed by atoms with Gasteiger partial charge < -0.3 is 9.64 Å². The minimum Gasteiger partial charge on any atom is -0.378 e. The number of carbonyl (C=O) groups excluding carboxylic acids is 1. The molecule has 0 aliphatic carbocycles. The van der Waals surface area contributed by atoms with Crippen molar-refractivity contribution in [3.05, 3.63) is 35.4 Å². The molecule has 21 heavy (non-hydrogen) atoms. The van der Waals surface area contributed by atoms with Gasteiger partial charge in [-0.1, -0.05) is 12.1 Å². The molecule has 0 saturated carbocycles. The van der Waals surface area contributed by atoms with E-state index in [2.05, 4.69) is 0 Å². The highest BCUT2D eigenvalue weighted by molar-refractivity contribution is 7.91. The van der Waals surface area contributed by atoms with Crippen molar-refractivity contribution in [1.82, 2.24) is 4.90 Å². The van der Waals surface area contributed by atoms with Gasteiger partial charge in [-0.05, 0) is 17.7 Å². The number of hydrogen-bond acceptors (Lipinski definition) is 5. The lowest BCUT2D eigenvalue weighted by molar-refractivity contribution is -0.132. The van der Waals surface area contributed by atoms with Crippen LogP contribution in [0, 0.1) is 11.3 Å². The van der Waals surface area contributed by atoms with Crippen molar-refractivity contribution in [2.75, 3.05) is 32.1 Å². The average molecular weight is 308 g/mol. The first-order chi connectivity index (χ1) is 10.00. The fourth-order valence-corrected chi connectivity index (χ4v) is 3.43. The Morgan fingerprint density at radius 1 is 1.24 bits per heavy atom. The number of nitrogens with zero attached hydrogens (tertiary/aromatic N) is 2. The molecule has 112 valence electrons. The predicted octanol–water partition coefficient (Wildman–Crippen LogP) is 0.332. The van der Waals surface area contributed by atoms with E-state index in [1.54, 1.807) is 24.3 Å². The van der Waals surface area contributed by atoms with E-state index in [9.17, 15) is 13.2 Å². The van der Waals surface area contributed by atoms with Crippen LogP contribution in [0.3, 0.4) is 0 Å². The summed E-state index contributed by atoms with van der Waals surface area (Å²) in [6.07, 6.45) is 0. The van der Waals surface area contributed by atoms with Gasteiger partial charge in [0.05, 0.1) is 30.6 Å². The maximum atomic E-state index is 12.1. The molecule has 2 rings (SSSR count). The van der Waals surface area contributed by atoms with Gasteiger partial charge in [-0.15, -0.1) is 0 Å². The van der Waals surface area contributed by atoms with Crippen LogP contribution in [0.25, 0.3) is 0 Å². The van der Waals surface area contributed by atoms with Crippen LogP contribution in [-0.2, 0) is 25.1 Å². The monoisotopic (exact) mass is 308 g/mol. The molecule has 0 unspecified atom stereocenters. The van der Waals surface area contributed by atoms with Crippen molar-refractivity contribution in [2.45, 2.75) is 5.75 Å². The lowest BCUT2D eigenvalue weighted by Crippen LogP contribution is -2.43. The largest absolute Gasteiger partial charge is 0.378 e. The van der Waals surface area contributed by atoms with Crippen molar-refractivity contribution in [1.29, 1.82) is 5.26 Å². The molecule has 0 radical (unpaired) electrons. The number of rotatable bonds is 4. The van der Waals surface area contributed by atoms with Gasteiger partial charge in [0.15, 0.2) is 9.84 Å². The molecule has 7 heteroatoms. The third kappa shape index (κ3) is 4.55. The van der Waals surface area contributed by atoms with Crippen LogP contribution in [0.15, 0.2) is 24.3 Å². The topological polar surface area (TPSA) is 87.5 Å². The summed E-state index contributed by atoms with van der Waals surface area (Å²) < 4.78 is 29.3. The van der Waals surface area contributed by atoms with Crippen LogP contribution in [0.4, 0.5) is 0 Å². The first-order valence-electron chi connectivity index (χ1n) is 6.55. The van der Waals surface area contributed by atoms with Crippen LogP contribution < -0.4 is 0 Å². The summed E-state index contributed by atoms with van der Waals surface area (Å²) in [6.45, 7) is 1.76. The Labute approximate surface area is 123 Å². The number of carbonyl (C=O) groups is 1. The van der Waals surface area contributed by atoms with E-state index in [4.69, 9.17) is 10.00 Å². The Kier molecular flexibility index (Phi) is 4.94. The predicted molar refractivity (Wildman–Crippen MR) is 76.0 cm³/mol. The average Bonchev–Trinajstić information content (AvgIpc) is 2.48. The van der Waals surface area contributed by atoms with E-state index in [0.29, 0.717) is 37.4 Å². The summed E-state index contributed by atoms with van der Waals surface area (Å²) in [6, 6.07) is 8.28. The Balaban J connectivity index is 1.97. The molecule has 6 nitrogen and oxygen atoms in total. The van der Waals surface area contributed by atoms with Gasteiger partial charge in [0.1, 0.15) is 5.75 Å². The highest BCUT2D eigenvalue weighted by Crippen LogP contribution is 2.10. The van der Waals surface area contributed by atoms with E-state index in [0.717, 1.165) is 0 Å². The lowest BCUT2D eigenvalue weighted by atomic mass is 10.2. The van der Waals surface area contributed by atoms with Crippen LogP contribution in [0.2, 0.25) is 0 Å².